The Balaban J connectivity index is 0.00000364. The van der Waals surface area contributed by atoms with Gasteiger partial charge in [-0.25, -0.2) is 8.42 Å². The highest BCUT2D eigenvalue weighted by atomic mass is 35.5. The first-order valence-corrected chi connectivity index (χ1v) is 9.87. The van der Waals surface area contributed by atoms with Crippen molar-refractivity contribution in [3.63, 3.8) is 0 Å². The molecule has 1 aliphatic rings. The molecule has 1 aromatic rings. The molecule has 0 unspecified atom stereocenters. The van der Waals surface area contributed by atoms with Gasteiger partial charge >= 0.3 is 0 Å². The number of hydrogen-bond acceptors (Lipinski definition) is 5. The monoisotopic (exact) mass is 418 g/mol. The lowest BCUT2D eigenvalue weighted by Gasteiger charge is -2.33. The number of hydrogen-bond donors (Lipinski definition) is 2. The molecule has 10 heteroatoms. The molecular weight excluding hydrogens is 392 g/mol. The number of nitrogens with zero attached hydrogens (tertiary/aromatic N) is 2. The van der Waals surface area contributed by atoms with E-state index in [4.69, 9.17) is 5.73 Å². The van der Waals surface area contributed by atoms with E-state index in [0.717, 1.165) is 0 Å². The van der Waals surface area contributed by atoms with Crippen molar-refractivity contribution in [2.45, 2.75) is 31.2 Å². The van der Waals surface area contributed by atoms with Crippen molar-refractivity contribution in [1.29, 1.82) is 0 Å². The number of nitrogens with two attached hydrogens (primary N) is 1. The van der Waals surface area contributed by atoms with Crippen molar-refractivity contribution < 1.29 is 18.0 Å². The zero-order valence-electron chi connectivity index (χ0n) is 15.8. The van der Waals surface area contributed by atoms with Gasteiger partial charge in [-0.1, -0.05) is 6.07 Å². The second-order valence-corrected chi connectivity index (χ2v) is 9.05. The number of benzene rings is 1. The molecule has 1 saturated heterocycles. The van der Waals surface area contributed by atoms with Crippen LogP contribution in [0.25, 0.3) is 0 Å². The third-order valence-corrected chi connectivity index (χ3v) is 6.02. The second kappa shape index (κ2) is 9.01. The maximum atomic E-state index is 12.8. The van der Waals surface area contributed by atoms with Crippen LogP contribution >= 0.6 is 12.4 Å². The van der Waals surface area contributed by atoms with Crippen molar-refractivity contribution >= 4 is 34.2 Å². The number of nitrogens with one attached hydrogen (secondary N) is 1. The van der Waals surface area contributed by atoms with Gasteiger partial charge < -0.3 is 16.0 Å². The molecular formula is C17H27ClN4O4S. The summed E-state index contributed by atoms with van der Waals surface area (Å²) in [5, 5.41) is 2.70. The zero-order valence-corrected chi connectivity index (χ0v) is 17.4. The van der Waals surface area contributed by atoms with E-state index in [-0.39, 0.29) is 54.3 Å². The topological polar surface area (TPSA) is 113 Å². The summed E-state index contributed by atoms with van der Waals surface area (Å²) in [6.07, 6.45) is 0. The van der Waals surface area contributed by atoms with E-state index in [1.54, 1.807) is 30.9 Å². The SMILES string of the molecule is CC(=O)N1CCN(S(=O)(=O)c2cccc(C(=O)NCC(C)(C)N)c2)CC1.Cl. The first-order valence-electron chi connectivity index (χ1n) is 8.43. The van der Waals surface area contributed by atoms with Gasteiger partial charge in [0.25, 0.3) is 5.91 Å². The Labute approximate surface area is 166 Å². The number of carbonyl (C=O) groups is 2. The Morgan fingerprint density at radius 1 is 1.19 bits per heavy atom. The summed E-state index contributed by atoms with van der Waals surface area (Å²) in [6.45, 7) is 6.51. The number of rotatable bonds is 5. The van der Waals surface area contributed by atoms with Crippen LogP contribution in [-0.2, 0) is 14.8 Å². The van der Waals surface area contributed by atoms with Gasteiger partial charge in [0.05, 0.1) is 4.90 Å². The zero-order chi connectivity index (χ0) is 19.5. The van der Waals surface area contributed by atoms with Crippen LogP contribution in [0.4, 0.5) is 0 Å². The van der Waals surface area contributed by atoms with Gasteiger partial charge in [-0.05, 0) is 32.0 Å². The largest absolute Gasteiger partial charge is 0.350 e. The fraction of sp³-hybridized carbons (Fsp3) is 0.529. The quantitative estimate of drug-likeness (QED) is 0.719. The minimum atomic E-state index is -3.72. The molecule has 1 fully saturated rings. The summed E-state index contributed by atoms with van der Waals surface area (Å²) in [7, 11) is -3.72. The van der Waals surface area contributed by atoms with E-state index in [9.17, 15) is 18.0 Å². The number of sulfonamides is 1. The highest BCUT2D eigenvalue weighted by molar-refractivity contribution is 7.89. The summed E-state index contributed by atoms with van der Waals surface area (Å²) >= 11 is 0. The van der Waals surface area contributed by atoms with Gasteiger partial charge in [0.1, 0.15) is 0 Å². The highest BCUT2D eigenvalue weighted by Crippen LogP contribution is 2.19. The van der Waals surface area contributed by atoms with Crippen molar-refractivity contribution in [3.05, 3.63) is 29.8 Å². The summed E-state index contributed by atoms with van der Waals surface area (Å²) in [5.74, 6) is -0.439. The average Bonchev–Trinajstić information content (AvgIpc) is 2.59. The first kappa shape index (κ1) is 23.4. The Kier molecular flexibility index (Phi) is 7.79. The summed E-state index contributed by atoms with van der Waals surface area (Å²) in [5.41, 5.74) is 5.55. The molecule has 0 aliphatic carbocycles. The lowest BCUT2D eigenvalue weighted by molar-refractivity contribution is -0.129. The fourth-order valence-corrected chi connectivity index (χ4v) is 4.07. The van der Waals surface area contributed by atoms with Gasteiger partial charge in [-0.3, -0.25) is 9.59 Å². The van der Waals surface area contributed by atoms with Crippen molar-refractivity contribution in [2.24, 2.45) is 5.73 Å². The Morgan fingerprint density at radius 2 is 1.78 bits per heavy atom. The third-order valence-electron chi connectivity index (χ3n) is 4.12. The molecule has 152 valence electrons. The molecule has 0 saturated carbocycles. The van der Waals surface area contributed by atoms with E-state index in [1.165, 1.54) is 23.4 Å². The van der Waals surface area contributed by atoms with E-state index < -0.39 is 15.6 Å². The maximum absolute atomic E-state index is 12.8. The summed E-state index contributed by atoms with van der Waals surface area (Å²) < 4.78 is 27.0. The molecule has 1 heterocycles. The van der Waals surface area contributed by atoms with Crippen LogP contribution in [0, 0.1) is 0 Å². The van der Waals surface area contributed by atoms with Crippen LogP contribution < -0.4 is 11.1 Å². The Hall–Kier alpha value is -1.68. The molecule has 0 radical (unpaired) electrons. The first-order chi connectivity index (χ1) is 12.0. The van der Waals surface area contributed by atoms with Crippen molar-refractivity contribution in [3.8, 4) is 0 Å². The summed E-state index contributed by atoms with van der Waals surface area (Å²) in [4.78, 5) is 25.3. The minimum absolute atomic E-state index is 0. The molecule has 1 aromatic carbocycles. The Morgan fingerprint density at radius 3 is 2.30 bits per heavy atom. The van der Waals surface area contributed by atoms with E-state index in [1.807, 2.05) is 0 Å². The average molecular weight is 419 g/mol. The lowest BCUT2D eigenvalue weighted by Crippen LogP contribution is -2.49. The van der Waals surface area contributed by atoms with E-state index in [2.05, 4.69) is 5.32 Å². The number of halogens is 1. The van der Waals surface area contributed by atoms with Gasteiger partial charge in [0, 0.05) is 50.7 Å². The van der Waals surface area contributed by atoms with Gasteiger partial charge in [-0.2, -0.15) is 4.31 Å². The Bertz CT molecular complexity index is 784. The third kappa shape index (κ3) is 6.17. The van der Waals surface area contributed by atoms with Crippen LogP contribution in [0.15, 0.2) is 29.2 Å². The molecule has 1 aliphatic heterocycles. The van der Waals surface area contributed by atoms with Crippen LogP contribution in [0.2, 0.25) is 0 Å². The van der Waals surface area contributed by atoms with Crippen LogP contribution in [-0.4, -0.2) is 67.7 Å². The maximum Gasteiger partial charge on any atom is 0.251 e. The molecule has 8 nitrogen and oxygen atoms in total. The van der Waals surface area contributed by atoms with Crippen LogP contribution in [0.5, 0.6) is 0 Å². The predicted octanol–water partition coefficient (Wildman–Crippen LogP) is 0.428. The lowest BCUT2D eigenvalue weighted by atomic mass is 10.1. The molecule has 0 aromatic heterocycles. The normalized spacial score (nSPS) is 15.8. The van der Waals surface area contributed by atoms with Crippen molar-refractivity contribution in [1.82, 2.24) is 14.5 Å². The molecule has 0 spiro atoms. The fourth-order valence-electron chi connectivity index (χ4n) is 2.60. The second-order valence-electron chi connectivity index (χ2n) is 7.11. The van der Waals surface area contributed by atoms with E-state index >= 15 is 0 Å². The minimum Gasteiger partial charge on any atom is -0.350 e. The summed E-state index contributed by atoms with van der Waals surface area (Å²) in [6, 6.07) is 5.94. The molecule has 2 rings (SSSR count). The molecule has 0 atom stereocenters. The van der Waals surface area contributed by atoms with Gasteiger partial charge in [0.15, 0.2) is 0 Å². The molecule has 2 amide bonds. The van der Waals surface area contributed by atoms with E-state index in [0.29, 0.717) is 13.1 Å². The highest BCUT2D eigenvalue weighted by Gasteiger charge is 2.29. The molecule has 3 N–H and O–H groups in total. The molecule has 0 bridgehead atoms. The van der Waals surface area contributed by atoms with Gasteiger partial charge in [0.2, 0.25) is 15.9 Å². The predicted molar refractivity (Wildman–Crippen MR) is 105 cm³/mol. The smallest absolute Gasteiger partial charge is 0.251 e. The molecule has 27 heavy (non-hydrogen) atoms. The van der Waals surface area contributed by atoms with Crippen LogP contribution in [0.1, 0.15) is 31.1 Å². The standard InChI is InChI=1S/C17H26N4O4S.ClH/c1-13(22)20-7-9-21(10-8-20)26(24,25)15-6-4-5-14(11-15)16(23)19-12-17(2,3)18;/h4-6,11H,7-10,12,18H2,1-3H3,(H,19,23);1H. The van der Waals surface area contributed by atoms with Crippen molar-refractivity contribution in [2.75, 3.05) is 32.7 Å². The number of carbonyl (C=O) groups excluding carboxylic acids is 2. The number of amides is 2. The number of piperazine rings is 1. The van der Waals surface area contributed by atoms with Gasteiger partial charge in [-0.15, -0.1) is 12.4 Å². The van der Waals surface area contributed by atoms with Crippen LogP contribution in [0.3, 0.4) is 0 Å².